The predicted octanol–water partition coefficient (Wildman–Crippen LogP) is 5.67. The number of carboxylic acid groups (broad SMARTS) is 1. The van der Waals surface area contributed by atoms with Crippen molar-refractivity contribution in [3.8, 4) is 0 Å². The molecule has 0 aromatic heterocycles. The maximum absolute atomic E-state index is 13.2. The summed E-state index contributed by atoms with van der Waals surface area (Å²) in [5.74, 6) is -3.04. The molecule has 45 heavy (non-hydrogen) atoms. The van der Waals surface area contributed by atoms with E-state index in [1.165, 1.54) is 22.9 Å². The summed E-state index contributed by atoms with van der Waals surface area (Å²) in [6.45, 7) is 15.2. The van der Waals surface area contributed by atoms with Crippen molar-refractivity contribution in [2.45, 2.75) is 112 Å². The van der Waals surface area contributed by atoms with E-state index < -0.39 is 49.2 Å². The molecule has 0 bridgehead atoms. The van der Waals surface area contributed by atoms with Gasteiger partial charge in [0.2, 0.25) is 25.1 Å². The van der Waals surface area contributed by atoms with Crippen LogP contribution in [-0.4, -0.2) is 76.1 Å². The van der Waals surface area contributed by atoms with Crippen molar-refractivity contribution in [1.29, 1.82) is 0 Å². The van der Waals surface area contributed by atoms with Crippen molar-refractivity contribution < 1.29 is 33.7 Å². The van der Waals surface area contributed by atoms with Crippen molar-refractivity contribution in [2.75, 3.05) is 24.3 Å². The van der Waals surface area contributed by atoms with Crippen LogP contribution < -0.4 is 16.0 Å². The van der Waals surface area contributed by atoms with E-state index in [0.29, 0.717) is 5.75 Å². The fourth-order valence-corrected chi connectivity index (χ4v) is 6.12. The number of rotatable bonds is 22. The van der Waals surface area contributed by atoms with Gasteiger partial charge in [-0.2, -0.15) is 11.8 Å². The van der Waals surface area contributed by atoms with Gasteiger partial charge in [-0.25, -0.2) is 4.79 Å². The zero-order valence-corrected chi connectivity index (χ0v) is 30.5. The Bertz CT molecular complexity index is 1110. The van der Waals surface area contributed by atoms with Crippen LogP contribution >= 0.6 is 19.1 Å². The Kier molecular flexibility index (Phi) is 21.0. The molecule has 4 atom stereocenters. The second-order valence-corrected chi connectivity index (χ2v) is 16.2. The fourth-order valence-electron chi connectivity index (χ4n) is 4.32. The van der Waals surface area contributed by atoms with Gasteiger partial charge in [-0.05, 0) is 83.6 Å². The van der Waals surface area contributed by atoms with Gasteiger partial charge in [-0.15, -0.1) is 0 Å². The molecule has 0 aromatic carbocycles. The van der Waals surface area contributed by atoms with Gasteiger partial charge in [-0.1, -0.05) is 62.6 Å². The molecule has 10 nitrogen and oxygen atoms in total. The van der Waals surface area contributed by atoms with E-state index in [0.717, 1.165) is 31.3 Å². The molecule has 0 aliphatic carbocycles. The van der Waals surface area contributed by atoms with Crippen LogP contribution in [0.3, 0.4) is 0 Å². The third-order valence-electron chi connectivity index (χ3n) is 7.27. The lowest BCUT2D eigenvalue weighted by atomic mass is 9.99. The molecule has 0 heterocycles. The number of thioether (sulfide) groups is 1. The number of hydrogen-bond donors (Lipinski definition) is 5. The van der Waals surface area contributed by atoms with Crippen LogP contribution in [0, 0.1) is 11.8 Å². The van der Waals surface area contributed by atoms with Crippen LogP contribution in [0.5, 0.6) is 0 Å². The Labute approximate surface area is 275 Å². The average Bonchev–Trinajstić information content (AvgIpc) is 2.93. The molecule has 0 fully saturated rings. The first kappa shape index (κ1) is 42.6. The first-order valence-electron chi connectivity index (χ1n) is 15.8. The third kappa shape index (κ3) is 19.7. The van der Waals surface area contributed by atoms with E-state index in [9.17, 15) is 33.7 Å². The van der Waals surface area contributed by atoms with Crippen molar-refractivity contribution in [1.82, 2.24) is 16.0 Å². The number of amides is 3. The standard InChI is InChI=1S/C33H58N3O7PS/c1-22(2)12-10-13-25(7)14-11-15-26(8)16-19-44(42,43)20-17-28(37)35-29(23(3)4)32(39)36-30(24(5)6)31(38)34-27(33(40)41)18-21-45-9/h12,14,16,23-24,27,29-30H,10-11,13,15,17-21H2,1-9H3,(H,34,38)(H,35,37)(H,36,39)(H,40,41)(H,42,43)/b25-14+,26-16+. The normalized spacial score (nSPS) is 15.6. The molecule has 12 heteroatoms. The Morgan fingerprint density at radius 1 is 0.778 bits per heavy atom. The van der Waals surface area contributed by atoms with Crippen molar-refractivity contribution in [2.24, 2.45) is 11.8 Å². The van der Waals surface area contributed by atoms with Gasteiger partial charge < -0.3 is 26.0 Å². The SMILES string of the molecule is CSCCC(NC(=O)C(NC(=O)C(NC(=O)CCP(=O)(O)C/C=C(\C)CC/C=C(\C)CCC=C(C)C)C(C)C)C(C)C)C(=O)O. The van der Waals surface area contributed by atoms with Crippen molar-refractivity contribution in [3.63, 3.8) is 0 Å². The van der Waals surface area contributed by atoms with Crippen LogP contribution in [0.4, 0.5) is 0 Å². The van der Waals surface area contributed by atoms with Crippen LogP contribution in [0.1, 0.15) is 93.9 Å². The summed E-state index contributed by atoms with van der Waals surface area (Å²) in [7, 11) is -3.61. The summed E-state index contributed by atoms with van der Waals surface area (Å²) < 4.78 is 12.8. The molecule has 4 unspecified atom stereocenters. The second kappa shape index (κ2) is 22.2. The zero-order valence-electron chi connectivity index (χ0n) is 28.8. The first-order valence-corrected chi connectivity index (χ1v) is 19.2. The summed E-state index contributed by atoms with van der Waals surface area (Å²) in [6, 6.07) is -3.08. The van der Waals surface area contributed by atoms with Gasteiger partial charge in [0, 0.05) is 18.7 Å². The average molecular weight is 672 g/mol. The number of aliphatic carboxylic acids is 1. The monoisotopic (exact) mass is 671 g/mol. The Hall–Kier alpha value is -2.36. The van der Waals surface area contributed by atoms with Gasteiger partial charge in [0.1, 0.15) is 18.1 Å². The molecule has 0 aliphatic rings. The molecule has 258 valence electrons. The highest BCUT2D eigenvalue weighted by Crippen LogP contribution is 2.41. The molecule has 5 N–H and O–H groups in total. The fraction of sp³-hybridized carbons (Fsp3) is 0.697. The molecular formula is C33H58N3O7PS. The minimum absolute atomic E-state index is 0.0249. The van der Waals surface area contributed by atoms with Crippen LogP contribution in [0.15, 0.2) is 34.9 Å². The smallest absolute Gasteiger partial charge is 0.326 e. The van der Waals surface area contributed by atoms with E-state index in [1.807, 2.05) is 13.2 Å². The number of carbonyl (C=O) groups is 4. The highest BCUT2D eigenvalue weighted by molar-refractivity contribution is 7.98. The first-order chi connectivity index (χ1) is 20.9. The van der Waals surface area contributed by atoms with E-state index in [2.05, 4.69) is 48.9 Å². The topological polar surface area (TPSA) is 162 Å². The molecule has 0 saturated carbocycles. The lowest BCUT2D eigenvalue weighted by Crippen LogP contribution is -2.58. The minimum Gasteiger partial charge on any atom is -0.480 e. The van der Waals surface area contributed by atoms with E-state index in [-0.39, 0.29) is 37.0 Å². The van der Waals surface area contributed by atoms with Crippen LogP contribution in [-0.2, 0) is 23.7 Å². The number of hydrogen-bond acceptors (Lipinski definition) is 6. The van der Waals surface area contributed by atoms with E-state index >= 15 is 0 Å². The van der Waals surface area contributed by atoms with E-state index in [1.54, 1.807) is 33.8 Å². The maximum Gasteiger partial charge on any atom is 0.326 e. The summed E-state index contributed by atoms with van der Waals surface area (Å²) in [6.07, 6.45) is 11.5. The van der Waals surface area contributed by atoms with Crippen LogP contribution in [0.2, 0.25) is 0 Å². The molecular weight excluding hydrogens is 613 g/mol. The molecule has 0 aliphatic heterocycles. The lowest BCUT2D eigenvalue weighted by Gasteiger charge is -2.28. The molecule has 0 radical (unpaired) electrons. The minimum atomic E-state index is -3.61. The summed E-state index contributed by atoms with van der Waals surface area (Å²) in [4.78, 5) is 60.9. The quantitative estimate of drug-likeness (QED) is 0.0727. The van der Waals surface area contributed by atoms with Gasteiger partial charge >= 0.3 is 5.97 Å². The third-order valence-corrected chi connectivity index (χ3v) is 9.59. The van der Waals surface area contributed by atoms with Crippen molar-refractivity contribution >= 4 is 42.8 Å². The number of nitrogens with one attached hydrogen (secondary N) is 3. The molecule has 3 amide bonds. The maximum atomic E-state index is 13.2. The second-order valence-electron chi connectivity index (χ2n) is 12.7. The number of allylic oxidation sites excluding steroid dienone is 6. The molecule has 0 rings (SSSR count). The Balaban J connectivity index is 5.09. The molecule has 0 saturated heterocycles. The largest absolute Gasteiger partial charge is 0.480 e. The Morgan fingerprint density at radius 2 is 1.29 bits per heavy atom. The highest BCUT2D eigenvalue weighted by atomic mass is 32.2. The predicted molar refractivity (Wildman–Crippen MR) is 186 cm³/mol. The molecule has 0 aromatic rings. The van der Waals surface area contributed by atoms with Crippen molar-refractivity contribution in [3.05, 3.63) is 34.9 Å². The summed E-state index contributed by atoms with van der Waals surface area (Å²) >= 11 is 1.46. The molecule has 0 spiro atoms. The lowest BCUT2D eigenvalue weighted by molar-refractivity contribution is -0.142. The van der Waals surface area contributed by atoms with E-state index in [4.69, 9.17) is 0 Å². The zero-order chi connectivity index (χ0) is 34.7. The van der Waals surface area contributed by atoms with Crippen LogP contribution in [0.25, 0.3) is 0 Å². The van der Waals surface area contributed by atoms with Gasteiger partial charge in [0.05, 0.1) is 0 Å². The number of carboxylic acids is 1. The summed E-state index contributed by atoms with van der Waals surface area (Å²) in [5.41, 5.74) is 3.65. The van der Waals surface area contributed by atoms with Gasteiger partial charge in [0.15, 0.2) is 0 Å². The summed E-state index contributed by atoms with van der Waals surface area (Å²) in [5, 5.41) is 17.3. The van der Waals surface area contributed by atoms with Gasteiger partial charge in [-0.3, -0.25) is 18.9 Å². The Morgan fingerprint density at radius 3 is 1.80 bits per heavy atom. The highest BCUT2D eigenvalue weighted by Gasteiger charge is 2.32. The van der Waals surface area contributed by atoms with Gasteiger partial charge in [0.25, 0.3) is 0 Å². The number of carbonyl (C=O) groups excluding carboxylic acids is 3.